The Morgan fingerprint density at radius 1 is 1.48 bits per heavy atom. The van der Waals surface area contributed by atoms with E-state index in [0.717, 1.165) is 19.4 Å². The lowest BCUT2D eigenvalue weighted by molar-refractivity contribution is -0.117. The number of hydrogen-bond acceptors (Lipinski definition) is 5. The molecule has 1 aliphatic heterocycles. The number of rotatable bonds is 6. The van der Waals surface area contributed by atoms with Gasteiger partial charge in [-0.2, -0.15) is 5.26 Å². The molecule has 1 aromatic carbocycles. The Balaban J connectivity index is 2.13. The van der Waals surface area contributed by atoms with Crippen molar-refractivity contribution in [3.63, 3.8) is 0 Å². The maximum absolute atomic E-state index is 12.2. The van der Waals surface area contributed by atoms with Crippen LogP contribution in [0.4, 0.5) is 0 Å². The van der Waals surface area contributed by atoms with Gasteiger partial charge in [-0.25, -0.2) is 0 Å². The molecule has 0 aromatic heterocycles. The molecule has 6 nitrogen and oxygen atoms in total. The molecule has 1 aliphatic rings. The maximum atomic E-state index is 12.2. The zero-order valence-corrected chi connectivity index (χ0v) is 13.3. The fraction of sp³-hybridized carbons (Fsp3) is 0.412. The number of methoxy groups -OCH3 is 2. The first-order valence-electron chi connectivity index (χ1n) is 7.41. The predicted molar refractivity (Wildman–Crippen MR) is 85.1 cm³/mol. The van der Waals surface area contributed by atoms with Gasteiger partial charge >= 0.3 is 0 Å². The van der Waals surface area contributed by atoms with Crippen LogP contribution < -0.4 is 14.8 Å². The Bertz CT molecular complexity index is 628. The van der Waals surface area contributed by atoms with E-state index in [1.165, 1.54) is 13.2 Å². The smallest absolute Gasteiger partial charge is 0.262 e. The molecule has 1 aromatic rings. The first-order chi connectivity index (χ1) is 11.2. The SMILES string of the molecule is COc1ccc(OC)c(/C=C(/C#N)C(=O)NC[C@@H]2CCCO2)c1. The van der Waals surface area contributed by atoms with E-state index >= 15 is 0 Å². The topological polar surface area (TPSA) is 80.6 Å². The van der Waals surface area contributed by atoms with Gasteiger partial charge in [0.25, 0.3) is 5.91 Å². The van der Waals surface area contributed by atoms with Crippen LogP contribution in [0, 0.1) is 11.3 Å². The number of benzene rings is 1. The van der Waals surface area contributed by atoms with Crippen molar-refractivity contribution in [1.29, 1.82) is 5.26 Å². The van der Waals surface area contributed by atoms with Crippen molar-refractivity contribution in [3.8, 4) is 17.6 Å². The number of hydrogen-bond donors (Lipinski definition) is 1. The zero-order chi connectivity index (χ0) is 16.7. The molecular formula is C17H20N2O4. The highest BCUT2D eigenvalue weighted by molar-refractivity contribution is 6.02. The number of carbonyl (C=O) groups is 1. The quantitative estimate of drug-likeness (QED) is 0.640. The molecule has 2 rings (SSSR count). The molecule has 0 bridgehead atoms. The molecular weight excluding hydrogens is 296 g/mol. The van der Waals surface area contributed by atoms with Crippen LogP contribution in [0.3, 0.4) is 0 Å². The van der Waals surface area contributed by atoms with Gasteiger partial charge < -0.3 is 19.5 Å². The lowest BCUT2D eigenvalue weighted by atomic mass is 10.1. The lowest BCUT2D eigenvalue weighted by Crippen LogP contribution is -2.32. The van der Waals surface area contributed by atoms with Gasteiger partial charge in [0.2, 0.25) is 0 Å². The van der Waals surface area contributed by atoms with Crippen molar-refractivity contribution in [2.75, 3.05) is 27.4 Å². The molecule has 23 heavy (non-hydrogen) atoms. The Hall–Kier alpha value is -2.52. The maximum Gasteiger partial charge on any atom is 0.262 e. The van der Waals surface area contributed by atoms with Gasteiger partial charge in [-0.05, 0) is 37.1 Å². The van der Waals surface area contributed by atoms with Crippen LogP contribution in [0.1, 0.15) is 18.4 Å². The predicted octanol–water partition coefficient (Wildman–Crippen LogP) is 1.91. The van der Waals surface area contributed by atoms with E-state index in [2.05, 4.69) is 5.32 Å². The minimum absolute atomic E-state index is 0.00884. The van der Waals surface area contributed by atoms with Crippen LogP contribution in [0.2, 0.25) is 0 Å². The first kappa shape index (κ1) is 16.8. The summed E-state index contributed by atoms with van der Waals surface area (Å²) in [6, 6.07) is 7.11. The van der Waals surface area contributed by atoms with Crippen LogP contribution in [-0.2, 0) is 9.53 Å². The number of ether oxygens (including phenoxy) is 3. The monoisotopic (exact) mass is 316 g/mol. The fourth-order valence-electron chi connectivity index (χ4n) is 2.36. The number of amides is 1. The minimum atomic E-state index is -0.423. The average molecular weight is 316 g/mol. The minimum Gasteiger partial charge on any atom is -0.497 e. The van der Waals surface area contributed by atoms with Crippen molar-refractivity contribution in [1.82, 2.24) is 5.32 Å². The van der Waals surface area contributed by atoms with E-state index in [1.807, 2.05) is 6.07 Å². The van der Waals surface area contributed by atoms with Crippen LogP contribution in [0.25, 0.3) is 6.08 Å². The molecule has 1 atom stereocenters. The highest BCUT2D eigenvalue weighted by atomic mass is 16.5. The molecule has 1 N–H and O–H groups in total. The summed E-state index contributed by atoms with van der Waals surface area (Å²) in [6.45, 7) is 1.13. The molecule has 0 saturated carbocycles. The van der Waals surface area contributed by atoms with Crippen molar-refractivity contribution in [3.05, 3.63) is 29.3 Å². The third kappa shape index (κ3) is 4.47. The summed E-state index contributed by atoms with van der Waals surface area (Å²) in [4.78, 5) is 12.2. The molecule has 6 heteroatoms. The fourth-order valence-corrected chi connectivity index (χ4v) is 2.36. The average Bonchev–Trinajstić information content (AvgIpc) is 3.10. The number of nitrogens with one attached hydrogen (secondary N) is 1. The van der Waals surface area contributed by atoms with E-state index in [0.29, 0.717) is 23.6 Å². The normalized spacial score (nSPS) is 17.4. The molecule has 0 spiro atoms. The van der Waals surface area contributed by atoms with Crippen molar-refractivity contribution >= 4 is 12.0 Å². The molecule has 1 amide bonds. The second-order valence-corrected chi connectivity index (χ2v) is 5.12. The van der Waals surface area contributed by atoms with Gasteiger partial charge in [-0.15, -0.1) is 0 Å². The van der Waals surface area contributed by atoms with Gasteiger partial charge in [0.15, 0.2) is 0 Å². The van der Waals surface area contributed by atoms with Crippen molar-refractivity contribution in [2.45, 2.75) is 18.9 Å². The van der Waals surface area contributed by atoms with Crippen LogP contribution in [0.5, 0.6) is 11.5 Å². The summed E-state index contributed by atoms with van der Waals surface area (Å²) < 4.78 is 15.9. The zero-order valence-electron chi connectivity index (χ0n) is 13.3. The highest BCUT2D eigenvalue weighted by Crippen LogP contribution is 2.26. The van der Waals surface area contributed by atoms with E-state index in [-0.39, 0.29) is 11.7 Å². The van der Waals surface area contributed by atoms with Crippen molar-refractivity contribution < 1.29 is 19.0 Å². The second kappa shape index (κ2) is 8.20. The number of carbonyl (C=O) groups excluding carboxylic acids is 1. The molecule has 0 aliphatic carbocycles. The van der Waals surface area contributed by atoms with Gasteiger partial charge in [0.05, 0.1) is 20.3 Å². The van der Waals surface area contributed by atoms with Gasteiger partial charge in [-0.3, -0.25) is 4.79 Å². The molecule has 122 valence electrons. The van der Waals surface area contributed by atoms with Gasteiger partial charge in [0, 0.05) is 18.7 Å². The summed E-state index contributed by atoms with van der Waals surface area (Å²) in [5, 5.41) is 12.0. The number of nitriles is 1. The Morgan fingerprint density at radius 2 is 2.30 bits per heavy atom. The van der Waals surface area contributed by atoms with E-state index < -0.39 is 5.91 Å². The van der Waals surface area contributed by atoms with E-state index in [4.69, 9.17) is 14.2 Å². The summed E-state index contributed by atoms with van der Waals surface area (Å²) in [5.74, 6) is 0.757. The molecule has 1 heterocycles. The summed E-state index contributed by atoms with van der Waals surface area (Å²) in [5.41, 5.74) is 0.616. The van der Waals surface area contributed by atoms with Crippen LogP contribution in [-0.4, -0.2) is 39.4 Å². The highest BCUT2D eigenvalue weighted by Gasteiger charge is 2.18. The Morgan fingerprint density at radius 3 is 2.91 bits per heavy atom. The second-order valence-electron chi connectivity index (χ2n) is 5.12. The van der Waals surface area contributed by atoms with Crippen LogP contribution >= 0.6 is 0 Å². The Kier molecular flexibility index (Phi) is 6.01. The van der Waals surface area contributed by atoms with Gasteiger partial charge in [0.1, 0.15) is 23.1 Å². The van der Waals surface area contributed by atoms with Crippen LogP contribution in [0.15, 0.2) is 23.8 Å². The lowest BCUT2D eigenvalue weighted by Gasteiger charge is -2.11. The van der Waals surface area contributed by atoms with E-state index in [1.54, 1.807) is 25.3 Å². The number of nitrogens with zero attached hydrogens (tertiary/aromatic N) is 1. The largest absolute Gasteiger partial charge is 0.497 e. The van der Waals surface area contributed by atoms with E-state index in [9.17, 15) is 10.1 Å². The molecule has 0 unspecified atom stereocenters. The third-order valence-electron chi connectivity index (χ3n) is 3.62. The molecule has 0 radical (unpaired) electrons. The third-order valence-corrected chi connectivity index (χ3v) is 3.62. The van der Waals surface area contributed by atoms with Crippen molar-refractivity contribution in [2.24, 2.45) is 0 Å². The standard InChI is InChI=1S/C17H20N2O4/c1-21-14-5-6-16(22-2)12(9-14)8-13(10-18)17(20)19-11-15-4-3-7-23-15/h5-6,8-9,15H,3-4,7,11H2,1-2H3,(H,19,20)/b13-8-/t15-/m0/s1. The Labute approximate surface area is 135 Å². The summed E-state index contributed by atoms with van der Waals surface area (Å²) in [7, 11) is 3.08. The molecule has 1 saturated heterocycles. The summed E-state index contributed by atoms with van der Waals surface area (Å²) >= 11 is 0. The molecule has 1 fully saturated rings. The summed E-state index contributed by atoms with van der Waals surface area (Å²) in [6.07, 6.45) is 3.45. The van der Waals surface area contributed by atoms with Gasteiger partial charge in [-0.1, -0.05) is 0 Å². The first-order valence-corrected chi connectivity index (χ1v) is 7.41.